The van der Waals surface area contributed by atoms with Crippen molar-refractivity contribution in [2.24, 2.45) is 5.92 Å². The first-order chi connectivity index (χ1) is 6.20. The molecule has 1 atom stereocenters. The van der Waals surface area contributed by atoms with Gasteiger partial charge in [0, 0.05) is 17.0 Å². The van der Waals surface area contributed by atoms with E-state index < -0.39 is 0 Å². The Balaban J connectivity index is 2.32. The van der Waals surface area contributed by atoms with Crippen LogP contribution in [0.5, 0.6) is 0 Å². The number of carbonyl (C=O) groups excluding carboxylic acids is 1. The summed E-state index contributed by atoms with van der Waals surface area (Å²) in [4.78, 5) is 13.0. The monoisotopic (exact) mass is 195 g/mol. The highest BCUT2D eigenvalue weighted by Crippen LogP contribution is 2.24. The van der Waals surface area contributed by atoms with Crippen LogP contribution < -0.4 is 5.32 Å². The number of fused-ring (bicyclic) bond motifs is 1. The summed E-state index contributed by atoms with van der Waals surface area (Å²) in [5.74, 6) is 0.637. The lowest BCUT2D eigenvalue weighted by Gasteiger charge is -2.25. The topological polar surface area (TPSA) is 29.1 Å². The van der Waals surface area contributed by atoms with Gasteiger partial charge in [0.1, 0.15) is 0 Å². The SMILES string of the molecule is CC(C)C1NCc2sccc2C1=O. The van der Waals surface area contributed by atoms with Gasteiger partial charge in [-0.3, -0.25) is 4.79 Å². The van der Waals surface area contributed by atoms with Crippen molar-refractivity contribution >= 4 is 17.1 Å². The predicted octanol–water partition coefficient (Wildman–Crippen LogP) is 2.06. The highest BCUT2D eigenvalue weighted by molar-refractivity contribution is 7.10. The molecular weight excluding hydrogens is 182 g/mol. The number of ketones is 1. The van der Waals surface area contributed by atoms with Crippen LogP contribution in [0.2, 0.25) is 0 Å². The van der Waals surface area contributed by atoms with Gasteiger partial charge in [-0.05, 0) is 17.4 Å². The quantitative estimate of drug-likeness (QED) is 0.743. The molecule has 2 nitrogen and oxygen atoms in total. The van der Waals surface area contributed by atoms with Crippen molar-refractivity contribution in [3.8, 4) is 0 Å². The lowest BCUT2D eigenvalue weighted by atomic mass is 9.92. The third-order valence-corrected chi connectivity index (χ3v) is 3.36. The first-order valence-electron chi connectivity index (χ1n) is 4.54. The molecule has 1 unspecified atom stereocenters. The van der Waals surface area contributed by atoms with Crippen LogP contribution in [0.15, 0.2) is 11.4 Å². The van der Waals surface area contributed by atoms with E-state index in [4.69, 9.17) is 0 Å². The summed E-state index contributed by atoms with van der Waals surface area (Å²) in [5.41, 5.74) is 0.933. The van der Waals surface area contributed by atoms with E-state index in [0.29, 0.717) is 5.92 Å². The lowest BCUT2D eigenvalue weighted by Crippen LogP contribution is -2.44. The van der Waals surface area contributed by atoms with Crippen molar-refractivity contribution < 1.29 is 4.79 Å². The molecule has 0 spiro atoms. The van der Waals surface area contributed by atoms with E-state index in [-0.39, 0.29) is 11.8 Å². The molecule has 1 aromatic heterocycles. The summed E-state index contributed by atoms with van der Waals surface area (Å²) in [6.45, 7) is 5.00. The van der Waals surface area contributed by atoms with Gasteiger partial charge >= 0.3 is 0 Å². The standard InChI is InChI=1S/C10H13NOS/c1-6(2)9-10(12)7-3-4-13-8(7)5-11-9/h3-4,6,9,11H,5H2,1-2H3. The minimum absolute atomic E-state index is 0.0158. The second kappa shape index (κ2) is 3.24. The van der Waals surface area contributed by atoms with Gasteiger partial charge in [0.25, 0.3) is 0 Å². The second-order valence-electron chi connectivity index (χ2n) is 3.72. The third kappa shape index (κ3) is 1.42. The van der Waals surface area contributed by atoms with Gasteiger partial charge in [-0.25, -0.2) is 0 Å². The molecule has 0 saturated heterocycles. The van der Waals surface area contributed by atoms with E-state index in [1.54, 1.807) is 11.3 Å². The smallest absolute Gasteiger partial charge is 0.181 e. The zero-order valence-electron chi connectivity index (χ0n) is 7.83. The van der Waals surface area contributed by atoms with Gasteiger partial charge in [0.05, 0.1) is 6.04 Å². The van der Waals surface area contributed by atoms with E-state index in [0.717, 1.165) is 12.1 Å². The van der Waals surface area contributed by atoms with Gasteiger partial charge in [0.15, 0.2) is 5.78 Å². The van der Waals surface area contributed by atoms with Crippen molar-refractivity contribution in [1.82, 2.24) is 5.32 Å². The van der Waals surface area contributed by atoms with Crippen LogP contribution >= 0.6 is 11.3 Å². The number of carbonyl (C=O) groups is 1. The molecule has 1 aliphatic rings. The lowest BCUT2D eigenvalue weighted by molar-refractivity contribution is 0.0904. The highest BCUT2D eigenvalue weighted by atomic mass is 32.1. The predicted molar refractivity (Wildman–Crippen MR) is 54.1 cm³/mol. The molecular formula is C10H13NOS. The molecule has 0 saturated carbocycles. The van der Waals surface area contributed by atoms with E-state index in [1.165, 1.54) is 4.88 Å². The van der Waals surface area contributed by atoms with Gasteiger partial charge < -0.3 is 5.32 Å². The normalized spacial score (nSPS) is 22.1. The molecule has 2 rings (SSSR count). The molecule has 2 heterocycles. The van der Waals surface area contributed by atoms with Crippen LogP contribution in [-0.2, 0) is 6.54 Å². The maximum atomic E-state index is 11.9. The Bertz CT molecular complexity index is 329. The largest absolute Gasteiger partial charge is 0.302 e. The van der Waals surface area contributed by atoms with E-state index in [2.05, 4.69) is 19.2 Å². The minimum atomic E-state index is 0.0158. The number of nitrogens with one attached hydrogen (secondary N) is 1. The fourth-order valence-corrected chi connectivity index (χ4v) is 2.53. The molecule has 1 aromatic rings. The van der Waals surface area contributed by atoms with Crippen molar-refractivity contribution in [2.45, 2.75) is 26.4 Å². The van der Waals surface area contributed by atoms with Crippen LogP contribution in [-0.4, -0.2) is 11.8 Å². The molecule has 70 valence electrons. The second-order valence-corrected chi connectivity index (χ2v) is 4.72. The van der Waals surface area contributed by atoms with E-state index in [1.807, 2.05) is 11.4 Å². The molecule has 1 N–H and O–H groups in total. The third-order valence-electron chi connectivity index (χ3n) is 2.44. The summed E-state index contributed by atoms with van der Waals surface area (Å²) in [5, 5.41) is 5.26. The van der Waals surface area contributed by atoms with Gasteiger partial charge in [-0.1, -0.05) is 13.8 Å². The summed E-state index contributed by atoms with van der Waals surface area (Å²) in [6.07, 6.45) is 0. The molecule has 0 fully saturated rings. The van der Waals surface area contributed by atoms with Crippen molar-refractivity contribution in [3.63, 3.8) is 0 Å². The zero-order chi connectivity index (χ0) is 9.42. The Morgan fingerprint density at radius 1 is 1.62 bits per heavy atom. The maximum absolute atomic E-state index is 11.9. The molecule has 0 bridgehead atoms. The summed E-state index contributed by atoms with van der Waals surface area (Å²) in [6, 6.07) is 1.96. The Morgan fingerprint density at radius 3 is 3.08 bits per heavy atom. The molecule has 0 aromatic carbocycles. The van der Waals surface area contributed by atoms with Crippen LogP contribution in [0.3, 0.4) is 0 Å². The molecule has 0 aliphatic carbocycles. The van der Waals surface area contributed by atoms with E-state index >= 15 is 0 Å². The van der Waals surface area contributed by atoms with Gasteiger partial charge in [-0.15, -0.1) is 11.3 Å². The van der Waals surface area contributed by atoms with Crippen molar-refractivity contribution in [2.75, 3.05) is 0 Å². The fraction of sp³-hybridized carbons (Fsp3) is 0.500. The maximum Gasteiger partial charge on any atom is 0.181 e. The summed E-state index contributed by atoms with van der Waals surface area (Å²) in [7, 11) is 0. The van der Waals surface area contributed by atoms with Crippen LogP contribution in [0.4, 0.5) is 0 Å². The van der Waals surface area contributed by atoms with E-state index in [9.17, 15) is 4.79 Å². The molecule has 13 heavy (non-hydrogen) atoms. The molecule has 0 amide bonds. The Morgan fingerprint density at radius 2 is 2.38 bits per heavy atom. The number of Topliss-reactive ketones (excluding diaryl/α,β-unsaturated/α-hetero) is 1. The first kappa shape index (κ1) is 8.91. The van der Waals surface area contributed by atoms with Gasteiger partial charge in [0.2, 0.25) is 0 Å². The van der Waals surface area contributed by atoms with Crippen molar-refractivity contribution in [3.05, 3.63) is 21.9 Å². The number of hydrogen-bond donors (Lipinski definition) is 1. The van der Waals surface area contributed by atoms with Crippen molar-refractivity contribution in [1.29, 1.82) is 0 Å². The highest BCUT2D eigenvalue weighted by Gasteiger charge is 2.29. The number of rotatable bonds is 1. The first-order valence-corrected chi connectivity index (χ1v) is 5.42. The summed E-state index contributed by atoms with van der Waals surface area (Å²) < 4.78 is 0. The average molecular weight is 195 g/mol. The number of hydrogen-bond acceptors (Lipinski definition) is 3. The zero-order valence-corrected chi connectivity index (χ0v) is 8.65. The van der Waals surface area contributed by atoms with Gasteiger partial charge in [-0.2, -0.15) is 0 Å². The Kier molecular flexibility index (Phi) is 2.22. The van der Waals surface area contributed by atoms with Crippen LogP contribution in [0.25, 0.3) is 0 Å². The van der Waals surface area contributed by atoms with Crippen LogP contribution in [0, 0.1) is 5.92 Å². The van der Waals surface area contributed by atoms with Crippen LogP contribution in [0.1, 0.15) is 29.1 Å². The minimum Gasteiger partial charge on any atom is -0.302 e. The Hall–Kier alpha value is -0.670. The molecule has 0 radical (unpaired) electrons. The average Bonchev–Trinajstić information content (AvgIpc) is 2.52. The molecule has 1 aliphatic heterocycles. The molecule has 3 heteroatoms. The number of thiophene rings is 1. The summed E-state index contributed by atoms with van der Waals surface area (Å²) >= 11 is 1.66. The Labute approximate surface area is 82.0 Å². The fourth-order valence-electron chi connectivity index (χ4n) is 1.70.